The summed E-state index contributed by atoms with van der Waals surface area (Å²) >= 11 is 0. The molecule has 318 valence electrons. The number of nitrogens with one attached hydrogen (secondary N) is 1. The third-order valence-corrected chi connectivity index (χ3v) is 10.5. The van der Waals surface area contributed by atoms with Crippen molar-refractivity contribution in [2.24, 2.45) is 0 Å². The van der Waals surface area contributed by atoms with E-state index in [0.717, 1.165) is 38.5 Å². The van der Waals surface area contributed by atoms with Crippen molar-refractivity contribution in [3.05, 3.63) is 24.3 Å². The molecule has 0 saturated carbocycles. The summed E-state index contributed by atoms with van der Waals surface area (Å²) in [5.74, 6) is -0.712. The predicted octanol–water partition coefficient (Wildman–Crippen LogP) is 6.28. The van der Waals surface area contributed by atoms with Crippen molar-refractivity contribution in [1.82, 2.24) is 5.32 Å². The highest BCUT2D eigenvalue weighted by Gasteiger charge is 2.44. The first kappa shape index (κ1) is 50.6. The summed E-state index contributed by atoms with van der Waals surface area (Å²) in [6.07, 6.45) is 23.8. The third kappa shape index (κ3) is 23.6. The molecule has 8 N–H and O–H groups in total. The average Bonchev–Trinajstić information content (AvgIpc) is 3.17. The largest absolute Gasteiger partial charge is 0.394 e. The van der Waals surface area contributed by atoms with Crippen LogP contribution < -0.4 is 5.32 Å². The van der Waals surface area contributed by atoms with E-state index in [1.54, 1.807) is 0 Å². The molecule has 1 heterocycles. The number of carbonyl (C=O) groups is 1. The van der Waals surface area contributed by atoms with Crippen molar-refractivity contribution in [3.8, 4) is 0 Å². The first-order chi connectivity index (χ1) is 26.2. The molecule has 0 bridgehead atoms. The Hall–Kier alpha value is -1.41. The van der Waals surface area contributed by atoms with E-state index >= 15 is 0 Å². The Kier molecular flexibility index (Phi) is 31.6. The second-order valence-corrected chi connectivity index (χ2v) is 15.4. The summed E-state index contributed by atoms with van der Waals surface area (Å²) < 4.78 is 11.0. The van der Waals surface area contributed by atoms with Crippen LogP contribution in [0.4, 0.5) is 0 Å². The Bertz CT molecular complexity index is 934. The van der Waals surface area contributed by atoms with Gasteiger partial charge in [0.2, 0.25) is 5.91 Å². The molecule has 1 aliphatic rings. The minimum absolute atomic E-state index is 0.247. The fraction of sp³-hybridized carbons (Fsp3) is 0.884. The molecular formula is C43H81NO10. The van der Waals surface area contributed by atoms with E-state index in [-0.39, 0.29) is 12.8 Å². The Balaban J connectivity index is 2.50. The zero-order valence-corrected chi connectivity index (χ0v) is 34.0. The minimum Gasteiger partial charge on any atom is -0.394 e. The van der Waals surface area contributed by atoms with E-state index in [9.17, 15) is 40.5 Å². The quantitative estimate of drug-likeness (QED) is 0.0269. The number of rotatable bonds is 35. The van der Waals surface area contributed by atoms with Gasteiger partial charge in [0.25, 0.3) is 0 Å². The molecular weight excluding hydrogens is 690 g/mol. The fourth-order valence-corrected chi connectivity index (χ4v) is 6.79. The number of hydrogen-bond acceptors (Lipinski definition) is 10. The molecule has 1 fully saturated rings. The third-order valence-electron chi connectivity index (χ3n) is 10.5. The Labute approximate surface area is 327 Å². The topological polar surface area (TPSA) is 189 Å². The average molecular weight is 772 g/mol. The molecule has 0 aromatic rings. The number of unbranched alkanes of at least 4 members (excludes halogenated alkanes) is 19. The predicted molar refractivity (Wildman–Crippen MR) is 215 cm³/mol. The molecule has 0 radical (unpaired) electrons. The molecule has 0 aromatic heterocycles. The van der Waals surface area contributed by atoms with Crippen molar-refractivity contribution in [2.75, 3.05) is 13.2 Å². The molecule has 54 heavy (non-hydrogen) atoms. The molecule has 11 heteroatoms. The van der Waals surface area contributed by atoms with Crippen LogP contribution in [-0.4, -0.2) is 110 Å². The lowest BCUT2D eigenvalue weighted by atomic mass is 9.98. The second-order valence-electron chi connectivity index (χ2n) is 15.4. The lowest BCUT2D eigenvalue weighted by Crippen LogP contribution is -2.60. The Morgan fingerprint density at radius 2 is 1.11 bits per heavy atom. The number of aliphatic hydroxyl groups excluding tert-OH is 7. The summed E-state index contributed by atoms with van der Waals surface area (Å²) in [4.78, 5) is 13.0. The van der Waals surface area contributed by atoms with Gasteiger partial charge in [0.15, 0.2) is 6.29 Å². The van der Waals surface area contributed by atoms with Crippen LogP contribution in [0.25, 0.3) is 0 Å². The van der Waals surface area contributed by atoms with Gasteiger partial charge in [0.1, 0.15) is 36.6 Å². The lowest BCUT2D eigenvalue weighted by molar-refractivity contribution is -0.303. The van der Waals surface area contributed by atoms with Gasteiger partial charge in [-0.2, -0.15) is 0 Å². The molecule has 9 atom stereocenters. The fourth-order valence-electron chi connectivity index (χ4n) is 6.79. The molecule has 1 amide bonds. The smallest absolute Gasteiger partial charge is 0.249 e. The van der Waals surface area contributed by atoms with Crippen LogP contribution in [0, 0.1) is 0 Å². The Morgan fingerprint density at radius 1 is 0.630 bits per heavy atom. The van der Waals surface area contributed by atoms with Gasteiger partial charge in [-0.25, -0.2) is 0 Å². The molecule has 1 saturated heterocycles. The number of carbonyl (C=O) groups excluding carboxylic acids is 1. The summed E-state index contributed by atoms with van der Waals surface area (Å²) in [5.41, 5.74) is 0. The highest BCUT2D eigenvalue weighted by molar-refractivity contribution is 5.80. The van der Waals surface area contributed by atoms with Gasteiger partial charge in [-0.15, -0.1) is 0 Å². The maximum Gasteiger partial charge on any atom is 0.249 e. The van der Waals surface area contributed by atoms with Crippen LogP contribution in [0.5, 0.6) is 0 Å². The van der Waals surface area contributed by atoms with Crippen molar-refractivity contribution >= 4 is 5.91 Å². The second kappa shape index (κ2) is 33.7. The van der Waals surface area contributed by atoms with E-state index in [0.29, 0.717) is 19.3 Å². The summed E-state index contributed by atoms with van der Waals surface area (Å²) in [6, 6.07) is -1.18. The van der Waals surface area contributed by atoms with E-state index in [1.807, 2.05) is 0 Å². The van der Waals surface area contributed by atoms with Crippen LogP contribution in [-0.2, 0) is 14.3 Å². The maximum absolute atomic E-state index is 13.0. The first-order valence-electron chi connectivity index (χ1n) is 21.7. The van der Waals surface area contributed by atoms with Crippen molar-refractivity contribution in [3.63, 3.8) is 0 Å². The molecule has 0 aliphatic carbocycles. The molecule has 0 aromatic carbocycles. The van der Waals surface area contributed by atoms with Crippen LogP contribution in [0.1, 0.15) is 174 Å². The van der Waals surface area contributed by atoms with E-state index in [4.69, 9.17) is 9.47 Å². The van der Waals surface area contributed by atoms with Crippen LogP contribution in [0.15, 0.2) is 24.3 Å². The molecule has 11 nitrogen and oxygen atoms in total. The van der Waals surface area contributed by atoms with Crippen molar-refractivity contribution in [1.29, 1.82) is 0 Å². The standard InChI is InChI=1S/C43H81NO10/c1-3-5-7-9-11-13-15-16-17-18-19-21-23-25-27-29-31-36(47)42(52)44-34(33-53-43-41(51)40(50)39(49)37(32-45)54-43)38(48)35(46)30-28-26-24-22-20-14-12-10-8-6-4-2/h10,12,22,24,34-41,43,45-51H,3-9,11,13-21,23,25-33H2,1-2H3,(H,44,52)/b12-10+,24-22+. The number of hydrogen-bond donors (Lipinski definition) is 8. The highest BCUT2D eigenvalue weighted by Crippen LogP contribution is 2.23. The molecule has 9 unspecified atom stereocenters. The normalized spacial score (nSPS) is 22.9. The molecule has 1 aliphatic heterocycles. The van der Waals surface area contributed by atoms with Gasteiger partial charge in [-0.05, 0) is 44.9 Å². The zero-order chi connectivity index (χ0) is 39.8. The van der Waals surface area contributed by atoms with Gasteiger partial charge in [-0.1, -0.05) is 154 Å². The van der Waals surface area contributed by atoms with Gasteiger partial charge < -0.3 is 50.5 Å². The van der Waals surface area contributed by atoms with Gasteiger partial charge in [0.05, 0.1) is 25.4 Å². The van der Waals surface area contributed by atoms with Crippen molar-refractivity contribution in [2.45, 2.75) is 229 Å². The SMILES string of the molecule is CCCC/C=C/CC/C=C/CCCC(O)C(O)C(COC1OC(CO)C(O)C(O)C1O)NC(=O)C(O)CCCCCCCCCCCCCCCCCC. The molecule has 1 rings (SSSR count). The zero-order valence-electron chi connectivity index (χ0n) is 34.0. The van der Waals surface area contributed by atoms with Crippen LogP contribution in [0.2, 0.25) is 0 Å². The van der Waals surface area contributed by atoms with E-state index < -0.39 is 74.2 Å². The number of amides is 1. The summed E-state index contributed by atoms with van der Waals surface area (Å²) in [6.45, 7) is 3.35. The lowest BCUT2D eigenvalue weighted by Gasteiger charge is -2.40. The summed E-state index contributed by atoms with van der Waals surface area (Å²) in [5, 5.41) is 75.3. The van der Waals surface area contributed by atoms with Crippen LogP contribution >= 0.6 is 0 Å². The van der Waals surface area contributed by atoms with E-state index in [2.05, 4.69) is 43.5 Å². The van der Waals surface area contributed by atoms with Gasteiger partial charge >= 0.3 is 0 Å². The van der Waals surface area contributed by atoms with Crippen molar-refractivity contribution < 1.29 is 50.0 Å². The van der Waals surface area contributed by atoms with Gasteiger partial charge in [-0.3, -0.25) is 4.79 Å². The first-order valence-corrected chi connectivity index (χ1v) is 21.7. The molecule has 0 spiro atoms. The number of aliphatic hydroxyl groups is 7. The number of ether oxygens (including phenoxy) is 2. The minimum atomic E-state index is -1.67. The summed E-state index contributed by atoms with van der Waals surface area (Å²) in [7, 11) is 0. The van der Waals surface area contributed by atoms with Crippen LogP contribution in [0.3, 0.4) is 0 Å². The monoisotopic (exact) mass is 772 g/mol. The van der Waals surface area contributed by atoms with Gasteiger partial charge in [0, 0.05) is 0 Å². The van der Waals surface area contributed by atoms with E-state index in [1.165, 1.54) is 89.9 Å². The Morgan fingerprint density at radius 3 is 1.63 bits per heavy atom. The maximum atomic E-state index is 13.0. The highest BCUT2D eigenvalue weighted by atomic mass is 16.7. The number of allylic oxidation sites excluding steroid dienone is 4.